The van der Waals surface area contributed by atoms with Crippen LogP contribution in [0.4, 0.5) is 0 Å². The van der Waals surface area contributed by atoms with Gasteiger partial charge in [0.1, 0.15) is 0 Å². The van der Waals surface area contributed by atoms with Crippen molar-refractivity contribution >= 4 is 14.1 Å². The average molecular weight is 173 g/mol. The molecule has 0 fully saturated rings. The number of amides is 1. The van der Waals surface area contributed by atoms with Crippen LogP contribution in [0.2, 0.25) is 19.1 Å². The van der Waals surface area contributed by atoms with Crippen LogP contribution in [0.3, 0.4) is 0 Å². The van der Waals surface area contributed by atoms with Crippen LogP contribution in [0.5, 0.6) is 0 Å². The molecule has 3 heteroatoms. The van der Waals surface area contributed by atoms with Gasteiger partial charge in [0.2, 0.25) is 5.91 Å². The van der Waals surface area contributed by atoms with Crippen molar-refractivity contribution in [1.29, 1.82) is 0 Å². The predicted molar refractivity (Wildman–Crippen MR) is 51.0 cm³/mol. The highest BCUT2D eigenvalue weighted by atomic mass is 28.3. The first-order chi connectivity index (χ1) is 4.98. The van der Waals surface area contributed by atoms with Crippen molar-refractivity contribution in [2.45, 2.75) is 45.8 Å². The van der Waals surface area contributed by atoms with Gasteiger partial charge in [-0.3, -0.25) is 4.79 Å². The molecule has 1 amide bonds. The second-order valence-electron chi connectivity index (χ2n) is 3.67. The van der Waals surface area contributed by atoms with Crippen LogP contribution >= 0.6 is 0 Å². The van der Waals surface area contributed by atoms with Gasteiger partial charge in [-0.1, -0.05) is 32.9 Å². The van der Waals surface area contributed by atoms with Gasteiger partial charge in [-0.15, -0.1) is 0 Å². The number of rotatable bonds is 4. The Labute approximate surface area is 70.5 Å². The van der Waals surface area contributed by atoms with Gasteiger partial charge >= 0.3 is 0 Å². The van der Waals surface area contributed by atoms with Crippen LogP contribution in [0.1, 0.15) is 26.7 Å². The Morgan fingerprint density at radius 2 is 2.00 bits per heavy atom. The normalized spacial score (nSPS) is 11.3. The number of hydrogen-bond acceptors (Lipinski definition) is 1. The summed E-state index contributed by atoms with van der Waals surface area (Å²) in [5, 5.41) is 0. The maximum absolute atomic E-state index is 10.7. The second-order valence-corrected chi connectivity index (χ2v) is 8.19. The molecule has 0 aromatic rings. The summed E-state index contributed by atoms with van der Waals surface area (Å²) in [5.74, 6) is 0.123. The standard InChI is InChI=1S/C8H19NOSi/c1-5-6-7-11(3,4)9-8(2)10/h5-7H2,1-4H3,(H,9,10). The van der Waals surface area contributed by atoms with Crippen molar-refractivity contribution in [2.24, 2.45) is 0 Å². The van der Waals surface area contributed by atoms with E-state index in [0.29, 0.717) is 0 Å². The minimum absolute atomic E-state index is 0.123. The molecule has 0 heterocycles. The molecule has 1 N–H and O–H groups in total. The third kappa shape index (κ3) is 6.10. The zero-order valence-corrected chi connectivity index (χ0v) is 9.03. The van der Waals surface area contributed by atoms with Crippen LogP contribution in [0, 0.1) is 0 Å². The molecular weight excluding hydrogens is 154 g/mol. The smallest absolute Gasteiger partial charge is 0.209 e. The van der Waals surface area contributed by atoms with E-state index >= 15 is 0 Å². The number of nitrogens with one attached hydrogen (secondary N) is 1. The molecule has 0 unspecified atom stereocenters. The van der Waals surface area contributed by atoms with Crippen molar-refractivity contribution in [3.05, 3.63) is 0 Å². The fraction of sp³-hybridized carbons (Fsp3) is 0.875. The predicted octanol–water partition coefficient (Wildman–Crippen LogP) is 2.13. The molecular formula is C8H19NOSi. The number of carbonyl (C=O) groups is 1. The molecule has 0 aromatic heterocycles. The summed E-state index contributed by atoms with van der Waals surface area (Å²) in [5.41, 5.74) is 0. The van der Waals surface area contributed by atoms with Gasteiger partial charge in [0.15, 0.2) is 8.24 Å². The van der Waals surface area contributed by atoms with Crippen LogP contribution in [0.15, 0.2) is 0 Å². The Morgan fingerprint density at radius 3 is 2.36 bits per heavy atom. The summed E-state index contributed by atoms with van der Waals surface area (Å²) in [4.78, 5) is 13.8. The van der Waals surface area contributed by atoms with E-state index in [0.717, 1.165) is 0 Å². The van der Waals surface area contributed by atoms with Gasteiger partial charge in [-0.05, 0) is 6.04 Å². The number of unbranched alkanes of at least 4 members (excludes halogenated alkanes) is 1. The van der Waals surface area contributed by atoms with Gasteiger partial charge in [-0.2, -0.15) is 0 Å². The first-order valence-electron chi connectivity index (χ1n) is 4.26. The van der Waals surface area contributed by atoms with Gasteiger partial charge in [-0.25, -0.2) is 0 Å². The van der Waals surface area contributed by atoms with E-state index in [1.807, 2.05) is 0 Å². The highest BCUT2D eigenvalue weighted by Crippen LogP contribution is 2.09. The zero-order valence-electron chi connectivity index (χ0n) is 8.03. The third-order valence-corrected chi connectivity index (χ3v) is 4.30. The van der Waals surface area contributed by atoms with E-state index < -0.39 is 8.24 Å². The fourth-order valence-corrected chi connectivity index (χ4v) is 3.47. The monoisotopic (exact) mass is 173 g/mol. The van der Waals surface area contributed by atoms with Gasteiger partial charge in [0.05, 0.1) is 0 Å². The summed E-state index contributed by atoms with van der Waals surface area (Å²) >= 11 is 0. The van der Waals surface area contributed by atoms with Crippen molar-refractivity contribution in [3.8, 4) is 0 Å². The minimum Gasteiger partial charge on any atom is -0.382 e. The summed E-state index contributed by atoms with van der Waals surface area (Å²) in [6.45, 7) is 8.17. The average Bonchev–Trinajstić information content (AvgIpc) is 1.81. The molecule has 0 atom stereocenters. The lowest BCUT2D eigenvalue weighted by atomic mass is 10.4. The highest BCUT2D eigenvalue weighted by Gasteiger charge is 2.20. The van der Waals surface area contributed by atoms with Gasteiger partial charge in [0, 0.05) is 6.92 Å². The van der Waals surface area contributed by atoms with E-state index in [4.69, 9.17) is 0 Å². The van der Waals surface area contributed by atoms with Crippen LogP contribution in [-0.2, 0) is 4.79 Å². The quantitative estimate of drug-likeness (QED) is 0.648. The van der Waals surface area contributed by atoms with E-state index in [1.165, 1.54) is 18.9 Å². The Morgan fingerprint density at radius 1 is 1.45 bits per heavy atom. The number of carbonyl (C=O) groups excluding carboxylic acids is 1. The van der Waals surface area contributed by atoms with Crippen molar-refractivity contribution in [3.63, 3.8) is 0 Å². The van der Waals surface area contributed by atoms with E-state index in [2.05, 4.69) is 25.0 Å². The third-order valence-electron chi connectivity index (χ3n) is 1.67. The van der Waals surface area contributed by atoms with Crippen molar-refractivity contribution < 1.29 is 4.79 Å². The molecule has 0 aliphatic rings. The number of hydrogen-bond donors (Lipinski definition) is 1. The first kappa shape index (κ1) is 10.7. The summed E-state index contributed by atoms with van der Waals surface area (Å²) < 4.78 is 0. The molecule has 0 aliphatic carbocycles. The lowest BCUT2D eigenvalue weighted by Gasteiger charge is -2.22. The van der Waals surface area contributed by atoms with Crippen LogP contribution < -0.4 is 4.98 Å². The molecule has 0 rings (SSSR count). The minimum atomic E-state index is -1.39. The maximum atomic E-state index is 10.7. The molecule has 0 spiro atoms. The lowest BCUT2D eigenvalue weighted by Crippen LogP contribution is -2.46. The van der Waals surface area contributed by atoms with E-state index in [-0.39, 0.29) is 5.91 Å². The lowest BCUT2D eigenvalue weighted by molar-refractivity contribution is -0.117. The second kappa shape index (κ2) is 4.54. The molecule has 11 heavy (non-hydrogen) atoms. The molecule has 0 aliphatic heterocycles. The molecule has 2 nitrogen and oxygen atoms in total. The SMILES string of the molecule is CCCC[Si](C)(C)NC(C)=O. The Hall–Kier alpha value is -0.313. The van der Waals surface area contributed by atoms with E-state index in [9.17, 15) is 4.79 Å². The van der Waals surface area contributed by atoms with Crippen molar-refractivity contribution in [2.75, 3.05) is 0 Å². The van der Waals surface area contributed by atoms with E-state index in [1.54, 1.807) is 6.92 Å². The van der Waals surface area contributed by atoms with Crippen LogP contribution in [0.25, 0.3) is 0 Å². The molecule has 0 aromatic carbocycles. The topological polar surface area (TPSA) is 29.1 Å². The van der Waals surface area contributed by atoms with Crippen LogP contribution in [-0.4, -0.2) is 14.1 Å². The van der Waals surface area contributed by atoms with Crippen molar-refractivity contribution in [1.82, 2.24) is 4.98 Å². The first-order valence-corrected chi connectivity index (χ1v) is 7.47. The molecule has 66 valence electrons. The van der Waals surface area contributed by atoms with Gasteiger partial charge in [0.25, 0.3) is 0 Å². The zero-order chi connectivity index (χ0) is 8.91. The Balaban J connectivity index is 3.70. The molecule has 0 bridgehead atoms. The highest BCUT2D eigenvalue weighted by molar-refractivity contribution is 6.77. The maximum Gasteiger partial charge on any atom is 0.209 e. The Bertz CT molecular complexity index is 134. The fourth-order valence-electron chi connectivity index (χ4n) is 1.16. The van der Waals surface area contributed by atoms with Gasteiger partial charge < -0.3 is 4.98 Å². The summed E-state index contributed by atoms with van der Waals surface area (Å²) in [6, 6.07) is 1.20. The Kier molecular flexibility index (Phi) is 4.41. The molecule has 0 saturated heterocycles. The summed E-state index contributed by atoms with van der Waals surface area (Å²) in [6.07, 6.45) is 2.45. The molecule has 0 radical (unpaired) electrons. The largest absolute Gasteiger partial charge is 0.382 e. The molecule has 0 saturated carbocycles. The summed E-state index contributed by atoms with van der Waals surface area (Å²) in [7, 11) is -1.39.